The number of carboxylic acid groups (broad SMARTS) is 1. The van der Waals surface area contributed by atoms with E-state index >= 15 is 0 Å². The van der Waals surface area contributed by atoms with Crippen LogP contribution in [-0.4, -0.2) is 52.6 Å². The van der Waals surface area contributed by atoms with Crippen LogP contribution < -0.4 is 4.90 Å². The number of pyridine rings is 1. The molecule has 1 aromatic rings. The molecule has 6 heteroatoms. The van der Waals surface area contributed by atoms with E-state index in [2.05, 4.69) is 4.98 Å². The smallest absolute Gasteiger partial charge is 0.354 e. The first kappa shape index (κ1) is 13.8. The molecule has 1 aliphatic rings. The molecule has 0 spiro atoms. The summed E-state index contributed by atoms with van der Waals surface area (Å²) < 4.78 is 5.73. The molecule has 1 fully saturated rings. The Kier molecular flexibility index (Phi) is 3.73. The van der Waals surface area contributed by atoms with Gasteiger partial charge in [0.1, 0.15) is 5.69 Å². The lowest BCUT2D eigenvalue weighted by Gasteiger charge is -2.43. The molecule has 6 nitrogen and oxygen atoms in total. The predicted octanol–water partition coefficient (Wildman–Crippen LogP) is 0.756. The zero-order valence-electron chi connectivity index (χ0n) is 11.0. The van der Waals surface area contributed by atoms with Gasteiger partial charge in [0.2, 0.25) is 0 Å². The topological polar surface area (TPSA) is 82.9 Å². The molecule has 2 rings (SSSR count). The summed E-state index contributed by atoms with van der Waals surface area (Å²) in [5.41, 5.74) is 0.405. The van der Waals surface area contributed by atoms with E-state index in [9.17, 15) is 9.90 Å². The van der Waals surface area contributed by atoms with Crippen LogP contribution in [-0.2, 0) is 4.74 Å². The van der Waals surface area contributed by atoms with Crippen LogP contribution >= 0.6 is 0 Å². The number of anilines is 1. The summed E-state index contributed by atoms with van der Waals surface area (Å²) in [5, 5.41) is 18.2. The van der Waals surface area contributed by atoms with Crippen molar-refractivity contribution in [3.63, 3.8) is 0 Å². The number of nitrogens with zero attached hydrogens (tertiary/aromatic N) is 2. The van der Waals surface area contributed by atoms with Crippen molar-refractivity contribution in [2.75, 3.05) is 24.6 Å². The molecule has 0 aromatic carbocycles. The number of aromatic carboxylic acids is 1. The zero-order valence-corrected chi connectivity index (χ0v) is 11.0. The summed E-state index contributed by atoms with van der Waals surface area (Å²) in [6, 6.07) is 3.31. The number of carboxylic acids is 1. The lowest BCUT2D eigenvalue weighted by Crippen LogP contribution is -2.54. The van der Waals surface area contributed by atoms with Gasteiger partial charge < -0.3 is 19.8 Å². The molecule has 1 unspecified atom stereocenters. The molecule has 0 aliphatic carbocycles. The fourth-order valence-corrected chi connectivity index (χ4v) is 2.32. The highest BCUT2D eigenvalue weighted by atomic mass is 16.5. The minimum absolute atomic E-state index is 0.0161. The van der Waals surface area contributed by atoms with Crippen molar-refractivity contribution in [1.82, 2.24) is 4.98 Å². The second kappa shape index (κ2) is 5.14. The average molecular weight is 266 g/mol. The lowest BCUT2D eigenvalue weighted by atomic mass is 10.0. The third kappa shape index (κ3) is 3.21. The van der Waals surface area contributed by atoms with Gasteiger partial charge in [-0.05, 0) is 26.0 Å². The van der Waals surface area contributed by atoms with Crippen LogP contribution in [0.3, 0.4) is 0 Å². The quantitative estimate of drug-likeness (QED) is 0.840. The predicted molar refractivity (Wildman–Crippen MR) is 69.4 cm³/mol. The van der Waals surface area contributed by atoms with E-state index < -0.39 is 11.6 Å². The molecule has 2 N–H and O–H groups in total. The van der Waals surface area contributed by atoms with Crippen molar-refractivity contribution in [3.05, 3.63) is 24.0 Å². The van der Waals surface area contributed by atoms with Crippen molar-refractivity contribution in [2.24, 2.45) is 0 Å². The lowest BCUT2D eigenvalue weighted by molar-refractivity contribution is -0.101. The third-order valence-electron chi connectivity index (χ3n) is 3.01. The Labute approximate surface area is 111 Å². The van der Waals surface area contributed by atoms with Gasteiger partial charge in [0.05, 0.1) is 18.3 Å². The SMILES string of the molecule is CC1(C)CN(c2ccnc(C(=O)O)c2)CC(CO)O1. The van der Waals surface area contributed by atoms with Crippen LogP contribution in [0.2, 0.25) is 0 Å². The van der Waals surface area contributed by atoms with Gasteiger partial charge in [-0.1, -0.05) is 0 Å². The first-order valence-corrected chi connectivity index (χ1v) is 6.14. The molecule has 1 aromatic heterocycles. The van der Waals surface area contributed by atoms with Gasteiger partial charge in [0, 0.05) is 25.0 Å². The van der Waals surface area contributed by atoms with E-state index in [1.165, 1.54) is 12.3 Å². The summed E-state index contributed by atoms with van der Waals surface area (Å²) in [7, 11) is 0. The summed E-state index contributed by atoms with van der Waals surface area (Å²) in [5.74, 6) is -1.05. The van der Waals surface area contributed by atoms with E-state index in [4.69, 9.17) is 9.84 Å². The normalized spacial score (nSPS) is 22.3. The van der Waals surface area contributed by atoms with E-state index in [-0.39, 0.29) is 18.4 Å². The van der Waals surface area contributed by atoms with Gasteiger partial charge in [-0.25, -0.2) is 9.78 Å². The van der Waals surface area contributed by atoms with Gasteiger partial charge in [-0.2, -0.15) is 0 Å². The number of aromatic nitrogens is 1. The summed E-state index contributed by atoms with van der Waals surface area (Å²) >= 11 is 0. The molecule has 1 atom stereocenters. The largest absolute Gasteiger partial charge is 0.477 e. The van der Waals surface area contributed by atoms with Gasteiger partial charge in [-0.3, -0.25) is 0 Å². The standard InChI is InChI=1S/C13H18N2O4/c1-13(2)8-15(6-10(7-16)19-13)9-3-4-14-11(5-9)12(17)18/h3-5,10,16H,6-8H2,1-2H3,(H,17,18). The van der Waals surface area contributed by atoms with Gasteiger partial charge >= 0.3 is 5.97 Å². The van der Waals surface area contributed by atoms with Crippen LogP contribution in [0, 0.1) is 0 Å². The zero-order chi connectivity index (χ0) is 14.0. The molecular weight excluding hydrogens is 248 g/mol. The van der Waals surface area contributed by atoms with Crippen molar-refractivity contribution < 1.29 is 19.7 Å². The highest BCUT2D eigenvalue weighted by Gasteiger charge is 2.33. The summed E-state index contributed by atoms with van der Waals surface area (Å²) in [6.45, 7) is 4.99. The van der Waals surface area contributed by atoms with Crippen molar-refractivity contribution >= 4 is 11.7 Å². The molecule has 19 heavy (non-hydrogen) atoms. The van der Waals surface area contributed by atoms with Gasteiger partial charge in [-0.15, -0.1) is 0 Å². The molecule has 0 radical (unpaired) electrons. The molecule has 2 heterocycles. The first-order valence-electron chi connectivity index (χ1n) is 6.14. The first-order chi connectivity index (χ1) is 8.91. The Hall–Kier alpha value is -1.66. The number of morpholine rings is 1. The van der Waals surface area contributed by atoms with E-state index in [1.807, 2.05) is 18.7 Å². The number of hydrogen-bond acceptors (Lipinski definition) is 5. The van der Waals surface area contributed by atoms with Crippen molar-refractivity contribution in [3.8, 4) is 0 Å². The Bertz CT molecular complexity index is 475. The maximum absolute atomic E-state index is 10.9. The minimum atomic E-state index is -1.05. The Balaban J connectivity index is 2.25. The van der Waals surface area contributed by atoms with Crippen LogP contribution in [0.15, 0.2) is 18.3 Å². The maximum Gasteiger partial charge on any atom is 0.354 e. The number of aliphatic hydroxyl groups is 1. The third-order valence-corrected chi connectivity index (χ3v) is 3.01. The molecule has 1 aliphatic heterocycles. The van der Waals surface area contributed by atoms with Crippen molar-refractivity contribution in [2.45, 2.75) is 25.6 Å². The number of rotatable bonds is 3. The second-order valence-electron chi connectivity index (χ2n) is 5.27. The minimum Gasteiger partial charge on any atom is -0.477 e. The molecule has 104 valence electrons. The Morgan fingerprint density at radius 2 is 2.37 bits per heavy atom. The highest BCUT2D eigenvalue weighted by molar-refractivity contribution is 5.86. The molecule has 0 bridgehead atoms. The van der Waals surface area contributed by atoms with Crippen LogP contribution in [0.5, 0.6) is 0 Å². The van der Waals surface area contributed by atoms with Crippen LogP contribution in [0.25, 0.3) is 0 Å². The summed E-state index contributed by atoms with van der Waals surface area (Å²) in [4.78, 5) is 16.8. The van der Waals surface area contributed by atoms with E-state index in [0.717, 1.165) is 5.69 Å². The fraction of sp³-hybridized carbons (Fsp3) is 0.538. The maximum atomic E-state index is 10.9. The van der Waals surface area contributed by atoms with Crippen LogP contribution in [0.4, 0.5) is 5.69 Å². The fourth-order valence-electron chi connectivity index (χ4n) is 2.32. The van der Waals surface area contributed by atoms with E-state index in [1.54, 1.807) is 6.07 Å². The van der Waals surface area contributed by atoms with Crippen LogP contribution in [0.1, 0.15) is 24.3 Å². The number of ether oxygens (including phenoxy) is 1. The Morgan fingerprint density at radius 3 is 3.00 bits per heavy atom. The number of hydrogen-bond donors (Lipinski definition) is 2. The molecular formula is C13H18N2O4. The van der Waals surface area contributed by atoms with E-state index in [0.29, 0.717) is 13.1 Å². The average Bonchev–Trinajstić information content (AvgIpc) is 2.37. The molecule has 0 saturated carbocycles. The highest BCUT2D eigenvalue weighted by Crippen LogP contribution is 2.26. The Morgan fingerprint density at radius 1 is 1.63 bits per heavy atom. The van der Waals surface area contributed by atoms with Gasteiger partial charge in [0.25, 0.3) is 0 Å². The van der Waals surface area contributed by atoms with Gasteiger partial charge in [0.15, 0.2) is 0 Å². The molecule has 0 amide bonds. The van der Waals surface area contributed by atoms with Crippen molar-refractivity contribution in [1.29, 1.82) is 0 Å². The second-order valence-corrected chi connectivity index (χ2v) is 5.27. The summed E-state index contributed by atoms with van der Waals surface area (Å²) in [6.07, 6.45) is 1.21. The number of carbonyl (C=O) groups is 1. The molecule has 1 saturated heterocycles. The number of aliphatic hydroxyl groups excluding tert-OH is 1. The monoisotopic (exact) mass is 266 g/mol.